The fraction of sp³-hybridized carbons (Fsp3) is 0.276. The van der Waals surface area contributed by atoms with Gasteiger partial charge in [-0.2, -0.15) is 14.4 Å². The Labute approximate surface area is 248 Å². The maximum absolute atomic E-state index is 13.8. The van der Waals surface area contributed by atoms with Crippen molar-refractivity contribution in [2.24, 2.45) is 5.10 Å². The second-order valence-corrected chi connectivity index (χ2v) is 11.8. The number of carbonyl (C=O) groups excluding carboxylic acids is 1. The van der Waals surface area contributed by atoms with Gasteiger partial charge >= 0.3 is 0 Å². The lowest BCUT2D eigenvalue weighted by molar-refractivity contribution is 0.0987. The van der Waals surface area contributed by atoms with Crippen molar-refractivity contribution in [1.29, 1.82) is 0 Å². The molecule has 1 aromatic heterocycles. The number of thiazole rings is 1. The largest absolute Gasteiger partial charge is 0.494 e. The van der Waals surface area contributed by atoms with Gasteiger partial charge in [0.15, 0.2) is 0 Å². The molecular weight excluding hydrogens is 583 g/mol. The predicted molar refractivity (Wildman–Crippen MR) is 161 cm³/mol. The SMILES string of the molecule is CCOc1ccc(/C=N/N(C(=O)c2ccc(S(=O)(=O)N(CCOC)CCOC)cc2)c2nc3ccc(F)cc3s2)cc1. The molecule has 0 aliphatic carbocycles. The molecule has 222 valence electrons. The van der Waals surface area contributed by atoms with Gasteiger partial charge in [0.1, 0.15) is 11.6 Å². The number of carbonyl (C=O) groups is 1. The number of anilines is 1. The average molecular weight is 615 g/mol. The van der Waals surface area contributed by atoms with Crippen LogP contribution in [0.15, 0.2) is 76.7 Å². The van der Waals surface area contributed by atoms with Gasteiger partial charge in [0, 0.05) is 32.9 Å². The Morgan fingerprint density at radius 2 is 1.67 bits per heavy atom. The van der Waals surface area contributed by atoms with E-state index in [1.165, 1.54) is 67.2 Å². The third-order valence-corrected chi connectivity index (χ3v) is 8.96. The number of halogens is 1. The Bertz CT molecular complexity index is 1620. The quantitative estimate of drug-likeness (QED) is 0.148. The van der Waals surface area contributed by atoms with E-state index in [2.05, 4.69) is 10.1 Å². The van der Waals surface area contributed by atoms with Crippen LogP contribution in [0.2, 0.25) is 0 Å². The summed E-state index contributed by atoms with van der Waals surface area (Å²) in [5.74, 6) is -0.263. The van der Waals surface area contributed by atoms with Crippen LogP contribution >= 0.6 is 11.3 Å². The molecule has 4 rings (SSSR count). The first kappa shape index (κ1) is 31.2. The number of nitrogens with zero attached hydrogens (tertiary/aromatic N) is 4. The maximum Gasteiger partial charge on any atom is 0.280 e. The molecule has 0 N–H and O–H groups in total. The molecule has 0 saturated carbocycles. The van der Waals surface area contributed by atoms with Crippen molar-refractivity contribution >= 4 is 48.8 Å². The number of hydrogen-bond donors (Lipinski definition) is 0. The number of benzene rings is 3. The zero-order chi connectivity index (χ0) is 30.1. The molecule has 0 radical (unpaired) electrons. The number of methoxy groups -OCH3 is 2. The Balaban J connectivity index is 1.65. The molecule has 0 fully saturated rings. The van der Waals surface area contributed by atoms with E-state index in [-0.39, 0.29) is 41.9 Å². The van der Waals surface area contributed by atoms with Crippen LogP contribution < -0.4 is 9.75 Å². The van der Waals surface area contributed by atoms with Crippen LogP contribution in [-0.4, -0.2) is 77.0 Å². The summed E-state index contributed by atoms with van der Waals surface area (Å²) < 4.78 is 57.8. The maximum atomic E-state index is 13.8. The molecule has 4 aromatic rings. The van der Waals surface area contributed by atoms with Gasteiger partial charge in [-0.05, 0) is 79.2 Å². The first-order valence-electron chi connectivity index (χ1n) is 13.0. The number of ether oxygens (including phenoxy) is 3. The minimum absolute atomic E-state index is 0.0196. The summed E-state index contributed by atoms with van der Waals surface area (Å²) >= 11 is 1.11. The van der Waals surface area contributed by atoms with Crippen LogP contribution in [0.5, 0.6) is 5.75 Å². The van der Waals surface area contributed by atoms with Crippen molar-refractivity contribution in [3.05, 3.63) is 83.7 Å². The van der Waals surface area contributed by atoms with Crippen LogP contribution in [0.3, 0.4) is 0 Å². The average Bonchev–Trinajstić information content (AvgIpc) is 3.41. The topological polar surface area (TPSA) is 111 Å². The highest BCUT2D eigenvalue weighted by atomic mass is 32.2. The standard InChI is InChI=1S/C29H31FN4O6S2/c1-4-40-24-10-5-21(6-11-24)20-31-34(29-32-26-14-9-23(30)19-27(26)41-29)28(35)22-7-12-25(13-8-22)42(36,37)33(15-17-38-2)16-18-39-3/h5-14,19-20H,4,15-18H2,1-3H3/b31-20+. The molecule has 0 spiro atoms. The summed E-state index contributed by atoms with van der Waals surface area (Å²) in [4.78, 5) is 18.2. The minimum atomic E-state index is -3.87. The molecule has 0 unspecified atom stereocenters. The van der Waals surface area contributed by atoms with Gasteiger partial charge in [0.25, 0.3) is 5.91 Å². The second-order valence-electron chi connectivity index (χ2n) is 8.89. The van der Waals surface area contributed by atoms with Crippen molar-refractivity contribution in [1.82, 2.24) is 9.29 Å². The van der Waals surface area contributed by atoms with Crippen LogP contribution in [0.1, 0.15) is 22.8 Å². The number of hydrazone groups is 1. The molecule has 13 heteroatoms. The number of hydrogen-bond acceptors (Lipinski definition) is 9. The third-order valence-electron chi connectivity index (χ3n) is 6.05. The van der Waals surface area contributed by atoms with E-state index >= 15 is 0 Å². The molecule has 3 aromatic carbocycles. The highest BCUT2D eigenvalue weighted by molar-refractivity contribution is 7.89. The highest BCUT2D eigenvalue weighted by Crippen LogP contribution is 2.31. The lowest BCUT2D eigenvalue weighted by atomic mass is 10.2. The summed E-state index contributed by atoms with van der Waals surface area (Å²) in [6.07, 6.45) is 1.50. The molecule has 1 heterocycles. The summed E-state index contributed by atoms with van der Waals surface area (Å²) in [5, 5.41) is 5.76. The molecular formula is C29H31FN4O6S2. The Morgan fingerprint density at radius 1 is 1.00 bits per heavy atom. The van der Waals surface area contributed by atoms with E-state index in [0.29, 0.717) is 28.1 Å². The highest BCUT2D eigenvalue weighted by Gasteiger charge is 2.26. The number of aromatic nitrogens is 1. The fourth-order valence-corrected chi connectivity index (χ4v) is 6.24. The number of rotatable bonds is 14. The predicted octanol–water partition coefficient (Wildman–Crippen LogP) is 4.80. The van der Waals surface area contributed by atoms with E-state index < -0.39 is 21.7 Å². The van der Waals surface area contributed by atoms with E-state index in [9.17, 15) is 17.6 Å². The Hall–Kier alpha value is -3.75. The van der Waals surface area contributed by atoms with Crippen molar-refractivity contribution in [2.75, 3.05) is 52.1 Å². The van der Waals surface area contributed by atoms with Crippen molar-refractivity contribution in [3.63, 3.8) is 0 Å². The van der Waals surface area contributed by atoms with Crippen LogP contribution in [0.4, 0.5) is 9.52 Å². The zero-order valence-corrected chi connectivity index (χ0v) is 25.0. The summed E-state index contributed by atoms with van der Waals surface area (Å²) in [7, 11) is -0.886. The first-order valence-corrected chi connectivity index (χ1v) is 15.3. The van der Waals surface area contributed by atoms with Crippen molar-refractivity contribution in [2.45, 2.75) is 11.8 Å². The van der Waals surface area contributed by atoms with Crippen LogP contribution in [-0.2, 0) is 19.5 Å². The van der Waals surface area contributed by atoms with Gasteiger partial charge in [0.05, 0.1) is 41.1 Å². The summed E-state index contributed by atoms with van der Waals surface area (Å²) in [6.45, 7) is 3.15. The molecule has 0 aliphatic rings. The van der Waals surface area contributed by atoms with Crippen molar-refractivity contribution in [3.8, 4) is 5.75 Å². The lowest BCUT2D eigenvalue weighted by Gasteiger charge is -2.21. The van der Waals surface area contributed by atoms with E-state index in [0.717, 1.165) is 16.3 Å². The Morgan fingerprint density at radius 3 is 2.29 bits per heavy atom. The number of amides is 1. The van der Waals surface area contributed by atoms with Gasteiger partial charge in [0.2, 0.25) is 15.2 Å². The molecule has 1 amide bonds. The fourth-order valence-electron chi connectivity index (χ4n) is 3.89. The third kappa shape index (κ3) is 7.55. The zero-order valence-electron chi connectivity index (χ0n) is 23.4. The van der Waals surface area contributed by atoms with Gasteiger partial charge in [-0.15, -0.1) is 0 Å². The molecule has 0 aliphatic heterocycles. The summed E-state index contributed by atoms with van der Waals surface area (Å²) in [6, 6.07) is 16.9. The lowest BCUT2D eigenvalue weighted by Crippen LogP contribution is -2.36. The Kier molecular flexibility index (Phi) is 10.7. The molecule has 0 saturated heterocycles. The molecule has 42 heavy (non-hydrogen) atoms. The summed E-state index contributed by atoms with van der Waals surface area (Å²) in [5.41, 5.74) is 1.40. The molecule has 0 atom stereocenters. The molecule has 0 bridgehead atoms. The second kappa shape index (κ2) is 14.4. The smallest absolute Gasteiger partial charge is 0.280 e. The van der Waals surface area contributed by atoms with Gasteiger partial charge in [-0.3, -0.25) is 4.79 Å². The number of sulfonamides is 1. The molecule has 10 nitrogen and oxygen atoms in total. The van der Waals surface area contributed by atoms with Crippen LogP contribution in [0, 0.1) is 5.82 Å². The number of fused-ring (bicyclic) bond motifs is 1. The van der Waals surface area contributed by atoms with Crippen LogP contribution in [0.25, 0.3) is 10.2 Å². The van der Waals surface area contributed by atoms with Gasteiger partial charge in [-0.1, -0.05) is 11.3 Å². The van der Waals surface area contributed by atoms with E-state index in [1.54, 1.807) is 24.3 Å². The van der Waals surface area contributed by atoms with E-state index in [1.807, 2.05) is 6.92 Å². The van der Waals surface area contributed by atoms with E-state index in [4.69, 9.17) is 14.2 Å². The van der Waals surface area contributed by atoms with Gasteiger partial charge < -0.3 is 14.2 Å². The monoisotopic (exact) mass is 614 g/mol. The van der Waals surface area contributed by atoms with Gasteiger partial charge in [-0.25, -0.2) is 17.8 Å². The first-order chi connectivity index (χ1) is 20.3. The minimum Gasteiger partial charge on any atom is -0.494 e. The normalized spacial score (nSPS) is 11.9. The van der Waals surface area contributed by atoms with Crippen molar-refractivity contribution < 1.29 is 31.8 Å².